The van der Waals surface area contributed by atoms with E-state index in [9.17, 15) is 0 Å². The number of hydrogen-bond acceptors (Lipinski definition) is 3. The molecule has 0 amide bonds. The summed E-state index contributed by atoms with van der Waals surface area (Å²) in [7, 11) is 4.01. The molecule has 23 heavy (non-hydrogen) atoms. The van der Waals surface area contributed by atoms with Crippen molar-refractivity contribution < 1.29 is 0 Å². The Labute approximate surface area is 137 Å². The third-order valence-electron chi connectivity index (χ3n) is 3.55. The Balaban J connectivity index is 2.11. The van der Waals surface area contributed by atoms with Crippen molar-refractivity contribution in [2.75, 3.05) is 13.6 Å². The molecule has 0 fully saturated rings. The van der Waals surface area contributed by atoms with Crippen molar-refractivity contribution in [3.8, 4) is 0 Å². The van der Waals surface area contributed by atoms with E-state index >= 15 is 0 Å². The number of guanidine groups is 1. The van der Waals surface area contributed by atoms with Gasteiger partial charge in [0.1, 0.15) is 0 Å². The van der Waals surface area contributed by atoms with Gasteiger partial charge in [0.05, 0.1) is 17.9 Å². The zero-order valence-electron chi connectivity index (χ0n) is 14.7. The van der Waals surface area contributed by atoms with Crippen LogP contribution in [-0.2, 0) is 20.1 Å². The van der Waals surface area contributed by atoms with Gasteiger partial charge in [-0.2, -0.15) is 10.2 Å². The summed E-state index contributed by atoms with van der Waals surface area (Å²) in [4.78, 5) is 6.79. The van der Waals surface area contributed by atoms with Crippen LogP contribution in [0.15, 0.2) is 23.5 Å². The summed E-state index contributed by atoms with van der Waals surface area (Å²) in [6.45, 7) is 8.60. The fourth-order valence-electron chi connectivity index (χ4n) is 2.50. The number of aromatic nitrogens is 4. The van der Waals surface area contributed by atoms with Crippen LogP contribution in [0.1, 0.15) is 43.6 Å². The monoisotopic (exact) mass is 317 g/mol. The lowest BCUT2D eigenvalue weighted by Crippen LogP contribution is -2.38. The lowest BCUT2D eigenvalue weighted by Gasteiger charge is -2.22. The molecule has 0 saturated carbocycles. The van der Waals surface area contributed by atoms with E-state index in [2.05, 4.69) is 57.5 Å². The average Bonchev–Trinajstić information content (AvgIpc) is 3.13. The van der Waals surface area contributed by atoms with Crippen molar-refractivity contribution >= 4 is 5.96 Å². The van der Waals surface area contributed by atoms with Crippen LogP contribution >= 0.6 is 0 Å². The molecule has 126 valence electrons. The van der Waals surface area contributed by atoms with Crippen molar-refractivity contribution in [3.05, 3.63) is 35.4 Å². The van der Waals surface area contributed by atoms with Crippen molar-refractivity contribution in [3.63, 3.8) is 0 Å². The van der Waals surface area contributed by atoms with Crippen LogP contribution < -0.4 is 5.32 Å². The smallest absolute Gasteiger partial charge is 0.194 e. The van der Waals surface area contributed by atoms with Crippen LogP contribution in [0.5, 0.6) is 0 Å². The first-order valence-corrected chi connectivity index (χ1v) is 8.01. The summed E-state index contributed by atoms with van der Waals surface area (Å²) in [6.07, 6.45) is 3.83. The maximum absolute atomic E-state index is 4.67. The van der Waals surface area contributed by atoms with E-state index in [1.54, 1.807) is 6.20 Å². The van der Waals surface area contributed by atoms with E-state index < -0.39 is 0 Å². The number of nitrogens with one attached hydrogen (secondary N) is 2. The number of aliphatic imine (C=N–C) groups is 1. The second-order valence-corrected chi connectivity index (χ2v) is 5.98. The first-order chi connectivity index (χ1) is 11.0. The van der Waals surface area contributed by atoms with Crippen molar-refractivity contribution in [2.45, 2.75) is 39.8 Å². The molecule has 0 aliphatic carbocycles. The molecule has 2 N–H and O–H groups in total. The molecule has 7 nitrogen and oxygen atoms in total. The Morgan fingerprint density at radius 1 is 1.48 bits per heavy atom. The molecule has 7 heteroatoms. The lowest BCUT2D eigenvalue weighted by molar-refractivity contribution is 0.473. The molecule has 0 aliphatic rings. The Kier molecular flexibility index (Phi) is 5.78. The zero-order valence-corrected chi connectivity index (χ0v) is 14.7. The van der Waals surface area contributed by atoms with Gasteiger partial charge in [-0.25, -0.2) is 4.99 Å². The number of H-pyrrole nitrogens is 1. The second-order valence-electron chi connectivity index (χ2n) is 5.98. The van der Waals surface area contributed by atoms with Gasteiger partial charge in [-0.1, -0.05) is 13.8 Å². The molecule has 0 bridgehead atoms. The van der Waals surface area contributed by atoms with Crippen LogP contribution in [-0.4, -0.2) is 44.4 Å². The van der Waals surface area contributed by atoms with Crippen LogP contribution in [0, 0.1) is 0 Å². The fraction of sp³-hybridized carbons (Fsp3) is 0.562. The van der Waals surface area contributed by atoms with Gasteiger partial charge in [0.15, 0.2) is 5.96 Å². The van der Waals surface area contributed by atoms with Gasteiger partial charge in [0, 0.05) is 45.1 Å². The first kappa shape index (κ1) is 17.1. The second kappa shape index (κ2) is 7.80. The molecule has 0 atom stereocenters. The standard InChI is InChI=1S/C16H27N7/c1-6-17-16(18-9-14-7-8-19-20-14)22(4)10-13-11-23(5)21-15(13)12(2)3/h7-8,11-12H,6,9-10H2,1-5H3,(H,17,18)(H,19,20). The number of aryl methyl sites for hydroxylation is 1. The van der Waals surface area contributed by atoms with Crippen LogP contribution in [0.25, 0.3) is 0 Å². The van der Waals surface area contributed by atoms with E-state index in [1.807, 2.05) is 24.8 Å². The van der Waals surface area contributed by atoms with Gasteiger partial charge >= 0.3 is 0 Å². The fourth-order valence-corrected chi connectivity index (χ4v) is 2.50. The molecule has 2 heterocycles. The quantitative estimate of drug-likeness (QED) is 0.630. The summed E-state index contributed by atoms with van der Waals surface area (Å²) in [6, 6.07) is 1.94. The van der Waals surface area contributed by atoms with Gasteiger partial charge in [0.25, 0.3) is 0 Å². The van der Waals surface area contributed by atoms with Gasteiger partial charge in [-0.3, -0.25) is 9.78 Å². The molecule has 2 aromatic rings. The predicted molar refractivity (Wildman–Crippen MR) is 92.2 cm³/mol. The van der Waals surface area contributed by atoms with E-state index in [0.29, 0.717) is 12.5 Å². The minimum atomic E-state index is 0.407. The molecule has 0 unspecified atom stereocenters. The highest BCUT2D eigenvalue weighted by atomic mass is 15.3. The predicted octanol–water partition coefficient (Wildman–Crippen LogP) is 1.86. The topological polar surface area (TPSA) is 74.1 Å². The highest BCUT2D eigenvalue weighted by Gasteiger charge is 2.15. The van der Waals surface area contributed by atoms with Crippen LogP contribution in [0.4, 0.5) is 0 Å². The molecule has 0 aliphatic heterocycles. The summed E-state index contributed by atoms with van der Waals surface area (Å²) >= 11 is 0. The van der Waals surface area contributed by atoms with Gasteiger partial charge in [-0.15, -0.1) is 0 Å². The van der Waals surface area contributed by atoms with E-state index in [4.69, 9.17) is 0 Å². The summed E-state index contributed by atoms with van der Waals surface area (Å²) in [5, 5.41) is 14.8. The van der Waals surface area contributed by atoms with Crippen molar-refractivity contribution in [2.24, 2.45) is 12.0 Å². The summed E-state index contributed by atoms with van der Waals surface area (Å²) < 4.78 is 1.88. The Hall–Kier alpha value is -2.31. The molecular formula is C16H27N7. The minimum absolute atomic E-state index is 0.407. The number of hydrogen-bond donors (Lipinski definition) is 2. The molecule has 0 spiro atoms. The molecule has 2 rings (SSSR count). The minimum Gasteiger partial charge on any atom is -0.357 e. The Morgan fingerprint density at radius 2 is 2.26 bits per heavy atom. The van der Waals surface area contributed by atoms with Gasteiger partial charge in [0.2, 0.25) is 0 Å². The summed E-state index contributed by atoms with van der Waals surface area (Å²) in [5.41, 5.74) is 3.37. The molecule has 0 radical (unpaired) electrons. The van der Waals surface area contributed by atoms with Gasteiger partial charge < -0.3 is 10.2 Å². The largest absolute Gasteiger partial charge is 0.357 e. The third-order valence-corrected chi connectivity index (χ3v) is 3.55. The average molecular weight is 317 g/mol. The molecular weight excluding hydrogens is 290 g/mol. The van der Waals surface area contributed by atoms with E-state index in [0.717, 1.165) is 30.4 Å². The number of nitrogens with zero attached hydrogens (tertiary/aromatic N) is 5. The number of aromatic amines is 1. The highest BCUT2D eigenvalue weighted by Crippen LogP contribution is 2.18. The van der Waals surface area contributed by atoms with Crippen molar-refractivity contribution in [1.82, 2.24) is 30.2 Å². The van der Waals surface area contributed by atoms with E-state index in [1.165, 1.54) is 5.56 Å². The third kappa shape index (κ3) is 4.58. The molecule has 0 aromatic carbocycles. The van der Waals surface area contributed by atoms with Gasteiger partial charge in [-0.05, 0) is 18.9 Å². The maximum Gasteiger partial charge on any atom is 0.194 e. The van der Waals surface area contributed by atoms with Crippen LogP contribution in [0.3, 0.4) is 0 Å². The maximum atomic E-state index is 4.67. The molecule has 2 aromatic heterocycles. The zero-order chi connectivity index (χ0) is 16.8. The van der Waals surface area contributed by atoms with Crippen molar-refractivity contribution in [1.29, 1.82) is 0 Å². The lowest BCUT2D eigenvalue weighted by atomic mass is 10.1. The Bertz CT molecular complexity index is 625. The first-order valence-electron chi connectivity index (χ1n) is 8.01. The SMILES string of the molecule is CCNC(=NCc1ccn[nH]1)N(C)Cc1cn(C)nc1C(C)C. The highest BCUT2D eigenvalue weighted by molar-refractivity contribution is 5.79. The Morgan fingerprint density at radius 3 is 2.87 bits per heavy atom. The van der Waals surface area contributed by atoms with Crippen LogP contribution in [0.2, 0.25) is 0 Å². The summed E-state index contributed by atoms with van der Waals surface area (Å²) in [5.74, 6) is 1.28. The molecule has 0 saturated heterocycles. The normalized spacial score (nSPS) is 12.0. The van der Waals surface area contributed by atoms with E-state index in [-0.39, 0.29) is 0 Å². The number of rotatable bonds is 6.